The van der Waals surface area contributed by atoms with Crippen molar-refractivity contribution in [1.82, 2.24) is 5.43 Å². The van der Waals surface area contributed by atoms with E-state index in [9.17, 15) is 12.8 Å². The summed E-state index contributed by atoms with van der Waals surface area (Å²) in [7, 11) is -3.30. The number of hydrogen-bond donors (Lipinski definition) is 2. The Morgan fingerprint density at radius 2 is 2.00 bits per heavy atom. The predicted molar refractivity (Wildman–Crippen MR) is 77.8 cm³/mol. The molecule has 1 aromatic rings. The third-order valence-electron chi connectivity index (χ3n) is 3.36. The molecule has 1 rings (SSSR count). The van der Waals surface area contributed by atoms with Crippen LogP contribution >= 0.6 is 15.9 Å². The van der Waals surface area contributed by atoms with Crippen LogP contribution in [0.15, 0.2) is 22.7 Å². The Hall–Kier alpha value is -0.500. The second-order valence-electron chi connectivity index (χ2n) is 5.08. The van der Waals surface area contributed by atoms with Crippen molar-refractivity contribution in [2.24, 2.45) is 5.84 Å². The molecule has 108 valence electrons. The summed E-state index contributed by atoms with van der Waals surface area (Å²) in [5.74, 6) is 5.08. The van der Waals surface area contributed by atoms with E-state index < -0.39 is 20.6 Å². The van der Waals surface area contributed by atoms with Crippen LogP contribution in [0.25, 0.3) is 0 Å². The molecule has 4 nitrogen and oxygen atoms in total. The molecule has 1 aromatic carbocycles. The molecular weight excluding hydrogens is 335 g/mol. The fourth-order valence-corrected chi connectivity index (χ4v) is 2.91. The first-order valence-corrected chi connectivity index (χ1v) is 8.37. The number of halogens is 2. The predicted octanol–water partition coefficient (Wildman–Crippen LogP) is 1.79. The number of hydrogen-bond acceptors (Lipinski definition) is 4. The highest BCUT2D eigenvalue weighted by molar-refractivity contribution is 9.10. The molecule has 19 heavy (non-hydrogen) atoms. The van der Waals surface area contributed by atoms with Crippen molar-refractivity contribution in [1.29, 1.82) is 0 Å². The van der Waals surface area contributed by atoms with E-state index >= 15 is 0 Å². The Morgan fingerprint density at radius 3 is 2.42 bits per heavy atom. The highest BCUT2D eigenvalue weighted by Gasteiger charge is 2.38. The summed E-state index contributed by atoms with van der Waals surface area (Å²) in [4.78, 5) is 0. The number of benzene rings is 1. The fraction of sp³-hybridized carbons (Fsp3) is 0.500. The van der Waals surface area contributed by atoms with Crippen LogP contribution in [0.5, 0.6) is 0 Å². The van der Waals surface area contributed by atoms with Crippen molar-refractivity contribution in [2.45, 2.75) is 31.1 Å². The van der Waals surface area contributed by atoms with Crippen LogP contribution in [-0.4, -0.2) is 25.5 Å². The van der Waals surface area contributed by atoms with Crippen LogP contribution in [0.4, 0.5) is 4.39 Å². The molecule has 0 aromatic heterocycles. The maximum atomic E-state index is 13.3. The molecule has 3 N–H and O–H groups in total. The van der Waals surface area contributed by atoms with Crippen molar-refractivity contribution < 1.29 is 12.8 Å². The van der Waals surface area contributed by atoms with Gasteiger partial charge in [0.1, 0.15) is 5.82 Å². The molecule has 0 aliphatic carbocycles. The van der Waals surface area contributed by atoms with E-state index in [-0.39, 0.29) is 5.82 Å². The van der Waals surface area contributed by atoms with Crippen molar-refractivity contribution >= 4 is 25.8 Å². The summed E-state index contributed by atoms with van der Waals surface area (Å²) in [6.07, 6.45) is 1.48. The van der Waals surface area contributed by atoms with E-state index in [1.165, 1.54) is 18.4 Å². The molecule has 0 aliphatic heterocycles. The van der Waals surface area contributed by atoms with Crippen molar-refractivity contribution in [3.8, 4) is 0 Å². The number of rotatable bonds is 5. The van der Waals surface area contributed by atoms with E-state index in [1.54, 1.807) is 19.9 Å². The second kappa shape index (κ2) is 5.87. The number of nitrogens with one attached hydrogen (secondary N) is 1. The second-order valence-corrected chi connectivity index (χ2v) is 8.59. The van der Waals surface area contributed by atoms with Crippen LogP contribution in [0, 0.1) is 5.82 Å². The maximum absolute atomic E-state index is 13.3. The quantitative estimate of drug-likeness (QED) is 0.625. The zero-order valence-electron chi connectivity index (χ0n) is 11.1. The lowest BCUT2D eigenvalue weighted by Gasteiger charge is -2.32. The summed E-state index contributed by atoms with van der Waals surface area (Å²) < 4.78 is 36.5. The van der Waals surface area contributed by atoms with Gasteiger partial charge < -0.3 is 0 Å². The zero-order chi connectivity index (χ0) is 14.8. The van der Waals surface area contributed by atoms with Crippen LogP contribution < -0.4 is 11.3 Å². The monoisotopic (exact) mass is 352 g/mol. The Morgan fingerprint density at radius 1 is 1.42 bits per heavy atom. The first-order chi connectivity index (χ1) is 8.57. The van der Waals surface area contributed by atoms with Crippen LogP contribution in [0.3, 0.4) is 0 Å². The lowest BCUT2D eigenvalue weighted by atomic mass is 9.96. The summed E-state index contributed by atoms with van der Waals surface area (Å²) in [5, 5.41) is 0. The van der Waals surface area contributed by atoms with E-state index in [0.29, 0.717) is 16.5 Å². The van der Waals surface area contributed by atoms with Gasteiger partial charge in [-0.3, -0.25) is 11.3 Å². The minimum atomic E-state index is -3.30. The van der Waals surface area contributed by atoms with Gasteiger partial charge in [-0.1, -0.05) is 15.9 Å². The molecule has 0 aliphatic rings. The van der Waals surface area contributed by atoms with Crippen molar-refractivity contribution in [3.05, 3.63) is 34.1 Å². The van der Waals surface area contributed by atoms with E-state index in [2.05, 4.69) is 21.4 Å². The van der Waals surface area contributed by atoms with Crippen LogP contribution in [-0.2, 0) is 16.3 Å². The lowest BCUT2D eigenvalue weighted by molar-refractivity contribution is 0.412. The van der Waals surface area contributed by atoms with Crippen LogP contribution in [0.1, 0.15) is 19.4 Å². The Bertz CT molecular complexity index is 541. The highest BCUT2D eigenvalue weighted by atomic mass is 79.9. The molecule has 7 heteroatoms. The summed E-state index contributed by atoms with van der Waals surface area (Å²) >= 11 is 3.20. The molecule has 0 spiro atoms. The van der Waals surface area contributed by atoms with Crippen LogP contribution in [0.2, 0.25) is 0 Å². The molecule has 1 unspecified atom stereocenters. The van der Waals surface area contributed by atoms with E-state index in [4.69, 9.17) is 5.84 Å². The van der Waals surface area contributed by atoms with Gasteiger partial charge in [0.2, 0.25) is 0 Å². The number of nitrogens with two attached hydrogens (primary N) is 1. The van der Waals surface area contributed by atoms with Gasteiger partial charge in [-0.05, 0) is 44.0 Å². The third kappa shape index (κ3) is 3.98. The minimum Gasteiger partial charge on any atom is -0.271 e. The SMILES string of the molecule is CC(C)(C(Cc1cc(F)cc(Br)c1)NN)S(C)(=O)=O. The normalized spacial score (nSPS) is 14.4. The van der Waals surface area contributed by atoms with E-state index in [1.807, 2.05) is 0 Å². The summed E-state index contributed by atoms with van der Waals surface area (Å²) in [6.45, 7) is 3.20. The smallest absolute Gasteiger partial charge is 0.154 e. The largest absolute Gasteiger partial charge is 0.271 e. The summed E-state index contributed by atoms with van der Waals surface area (Å²) in [6, 6.07) is 3.94. The molecule has 0 fully saturated rings. The van der Waals surface area contributed by atoms with Gasteiger partial charge in [-0.25, -0.2) is 12.8 Å². The van der Waals surface area contributed by atoms with Gasteiger partial charge in [0.15, 0.2) is 9.84 Å². The zero-order valence-corrected chi connectivity index (χ0v) is 13.5. The van der Waals surface area contributed by atoms with E-state index in [0.717, 1.165) is 0 Å². The van der Waals surface area contributed by atoms with Gasteiger partial charge in [0, 0.05) is 16.8 Å². The van der Waals surface area contributed by atoms with Gasteiger partial charge in [0.25, 0.3) is 0 Å². The molecule has 0 saturated heterocycles. The van der Waals surface area contributed by atoms with Gasteiger partial charge in [-0.15, -0.1) is 0 Å². The molecule has 0 saturated carbocycles. The van der Waals surface area contributed by atoms with Crippen molar-refractivity contribution in [2.75, 3.05) is 6.26 Å². The molecule has 1 atom stereocenters. The Balaban J connectivity index is 3.07. The Labute approximate surface area is 121 Å². The van der Waals surface area contributed by atoms with Gasteiger partial charge in [-0.2, -0.15) is 0 Å². The van der Waals surface area contributed by atoms with Crippen molar-refractivity contribution in [3.63, 3.8) is 0 Å². The Kier molecular flexibility index (Phi) is 5.11. The topological polar surface area (TPSA) is 72.2 Å². The van der Waals surface area contributed by atoms with Gasteiger partial charge in [0.05, 0.1) is 4.75 Å². The molecule has 0 amide bonds. The van der Waals surface area contributed by atoms with Gasteiger partial charge >= 0.3 is 0 Å². The third-order valence-corrected chi connectivity index (χ3v) is 6.01. The first kappa shape index (κ1) is 16.6. The average Bonchev–Trinajstić information content (AvgIpc) is 2.22. The molecule has 0 bridgehead atoms. The molecule has 0 heterocycles. The standard InChI is InChI=1S/C12H18BrFN2O2S/c1-12(2,19(3,17)18)11(16-15)6-8-4-9(13)7-10(14)5-8/h4-5,7,11,16H,6,15H2,1-3H3. The fourth-order valence-electron chi connectivity index (χ4n) is 1.73. The average molecular weight is 353 g/mol. The lowest BCUT2D eigenvalue weighted by Crippen LogP contribution is -2.55. The first-order valence-electron chi connectivity index (χ1n) is 5.68. The highest BCUT2D eigenvalue weighted by Crippen LogP contribution is 2.24. The summed E-state index contributed by atoms with van der Waals surface area (Å²) in [5.41, 5.74) is 3.19. The molecule has 0 radical (unpaired) electrons. The molecular formula is C12H18BrFN2O2S. The number of sulfone groups is 1. The maximum Gasteiger partial charge on any atom is 0.154 e. The number of hydrazine groups is 1. The minimum absolute atomic E-state index is 0.312.